The van der Waals surface area contributed by atoms with E-state index in [-0.39, 0.29) is 0 Å². The number of carbonyl (C=O) groups excluding carboxylic acids is 2. The summed E-state index contributed by atoms with van der Waals surface area (Å²) in [6, 6.07) is 10.2. The lowest BCUT2D eigenvalue weighted by Gasteiger charge is -2.21. The van der Waals surface area contributed by atoms with E-state index < -0.39 is 18.0 Å². The van der Waals surface area contributed by atoms with Crippen molar-refractivity contribution in [3.05, 3.63) is 63.9 Å². The first-order chi connectivity index (χ1) is 9.59. The maximum atomic E-state index is 12.4. The van der Waals surface area contributed by atoms with E-state index in [4.69, 9.17) is 5.73 Å². The number of hydrogen-bond donors (Lipinski definition) is 1. The van der Waals surface area contributed by atoms with Gasteiger partial charge < -0.3 is 5.73 Å². The Labute approximate surface area is 123 Å². The summed E-state index contributed by atoms with van der Waals surface area (Å²) in [5, 5.41) is 0. The zero-order chi connectivity index (χ0) is 14.3. The molecule has 100 valence electrons. The van der Waals surface area contributed by atoms with Gasteiger partial charge in [0.05, 0.1) is 16.8 Å². The average Bonchev–Trinajstić information content (AvgIpc) is 2.71. The highest BCUT2D eigenvalue weighted by molar-refractivity contribution is 9.10. The maximum Gasteiger partial charge on any atom is 0.263 e. The summed E-state index contributed by atoms with van der Waals surface area (Å²) >= 11 is 3.29. The third kappa shape index (κ3) is 1.93. The summed E-state index contributed by atoms with van der Waals surface area (Å²) in [6.07, 6.45) is 0.687. The minimum absolute atomic E-state index is 0.357. The number of amides is 2. The van der Waals surface area contributed by atoms with Gasteiger partial charge in [0.1, 0.15) is 6.17 Å². The highest BCUT2D eigenvalue weighted by Crippen LogP contribution is 2.29. The molecule has 0 saturated carbocycles. The average molecular weight is 332 g/mol. The van der Waals surface area contributed by atoms with Gasteiger partial charge >= 0.3 is 0 Å². The summed E-state index contributed by atoms with van der Waals surface area (Å²) in [4.78, 5) is 29.8. The Morgan fingerprint density at radius 1 is 1.10 bits per heavy atom. The van der Waals surface area contributed by atoms with Gasteiger partial charge in [-0.2, -0.15) is 0 Å². The number of imide groups is 1. The molecule has 0 fully saturated rings. The van der Waals surface area contributed by atoms with Crippen LogP contribution in [-0.4, -0.2) is 21.7 Å². The molecule has 1 aliphatic heterocycles. The molecule has 0 spiro atoms. The first kappa shape index (κ1) is 13.0. The van der Waals surface area contributed by atoms with Crippen molar-refractivity contribution in [1.29, 1.82) is 0 Å². The number of nitrogens with zero attached hydrogens (tertiary/aromatic N) is 2. The molecule has 1 aromatic heterocycles. The molecule has 0 radical (unpaired) electrons. The fourth-order valence-electron chi connectivity index (χ4n) is 2.17. The molecule has 0 bridgehead atoms. The van der Waals surface area contributed by atoms with E-state index in [1.807, 2.05) is 0 Å². The molecule has 0 saturated heterocycles. The van der Waals surface area contributed by atoms with Crippen LogP contribution in [0.3, 0.4) is 0 Å². The molecule has 2 heterocycles. The lowest BCUT2D eigenvalue weighted by atomic mass is 10.1. The van der Waals surface area contributed by atoms with E-state index in [9.17, 15) is 9.59 Å². The monoisotopic (exact) mass is 331 g/mol. The highest BCUT2D eigenvalue weighted by atomic mass is 79.9. The van der Waals surface area contributed by atoms with E-state index in [0.717, 1.165) is 9.37 Å². The van der Waals surface area contributed by atoms with Crippen LogP contribution in [0.2, 0.25) is 0 Å². The number of carbonyl (C=O) groups is 2. The van der Waals surface area contributed by atoms with Crippen LogP contribution in [0.1, 0.15) is 32.6 Å². The summed E-state index contributed by atoms with van der Waals surface area (Å²) in [5.41, 5.74) is 7.20. The standard InChI is InChI=1S/C14H10BrN3O2/c15-8-4-5-9-10(7-8)14(20)18(13(9)19)12(16)11-3-1-2-6-17-11/h1-7,12H,16H2. The molecule has 1 aliphatic rings. The Bertz CT molecular complexity index is 703. The molecular formula is C14H10BrN3O2. The lowest BCUT2D eigenvalue weighted by molar-refractivity contribution is 0.0583. The smallest absolute Gasteiger partial charge is 0.263 e. The first-order valence-electron chi connectivity index (χ1n) is 5.93. The number of hydrogen-bond acceptors (Lipinski definition) is 4. The van der Waals surface area contributed by atoms with Crippen molar-refractivity contribution in [3.8, 4) is 0 Å². The summed E-state index contributed by atoms with van der Waals surface area (Å²) in [7, 11) is 0. The number of benzene rings is 1. The molecule has 2 amide bonds. The van der Waals surface area contributed by atoms with Gasteiger partial charge in [0.2, 0.25) is 0 Å². The Morgan fingerprint density at radius 2 is 1.85 bits per heavy atom. The number of fused-ring (bicyclic) bond motifs is 1. The maximum absolute atomic E-state index is 12.4. The zero-order valence-corrected chi connectivity index (χ0v) is 11.9. The second-order valence-corrected chi connectivity index (χ2v) is 5.29. The van der Waals surface area contributed by atoms with E-state index >= 15 is 0 Å². The van der Waals surface area contributed by atoms with Crippen molar-refractivity contribution < 1.29 is 9.59 Å². The second-order valence-electron chi connectivity index (χ2n) is 4.37. The third-order valence-corrected chi connectivity index (χ3v) is 3.64. The number of nitrogens with two attached hydrogens (primary N) is 1. The lowest BCUT2D eigenvalue weighted by Crippen LogP contribution is -2.39. The van der Waals surface area contributed by atoms with Crippen LogP contribution in [0.5, 0.6) is 0 Å². The Hall–Kier alpha value is -2.05. The Kier molecular flexibility index (Phi) is 3.11. The van der Waals surface area contributed by atoms with Gasteiger partial charge in [-0.1, -0.05) is 22.0 Å². The van der Waals surface area contributed by atoms with E-state index in [1.165, 1.54) is 0 Å². The van der Waals surface area contributed by atoms with Crippen molar-refractivity contribution in [2.75, 3.05) is 0 Å². The van der Waals surface area contributed by atoms with Crippen molar-refractivity contribution in [1.82, 2.24) is 9.88 Å². The predicted molar refractivity (Wildman–Crippen MR) is 75.8 cm³/mol. The van der Waals surface area contributed by atoms with Crippen molar-refractivity contribution in [2.24, 2.45) is 5.73 Å². The molecule has 3 rings (SSSR count). The van der Waals surface area contributed by atoms with Gasteiger partial charge in [-0.3, -0.25) is 19.5 Å². The molecule has 5 nitrogen and oxygen atoms in total. The van der Waals surface area contributed by atoms with Crippen LogP contribution >= 0.6 is 15.9 Å². The minimum atomic E-state index is -0.887. The SMILES string of the molecule is NC(c1ccccn1)N1C(=O)c2ccc(Br)cc2C1=O. The van der Waals surface area contributed by atoms with Gasteiger partial charge in [-0.05, 0) is 30.3 Å². The zero-order valence-electron chi connectivity index (χ0n) is 10.3. The molecule has 2 aromatic rings. The number of aromatic nitrogens is 1. The predicted octanol–water partition coefficient (Wildman–Crippen LogP) is 2.10. The first-order valence-corrected chi connectivity index (χ1v) is 6.73. The quantitative estimate of drug-likeness (QED) is 0.855. The number of halogens is 1. The van der Waals surface area contributed by atoms with Crippen molar-refractivity contribution >= 4 is 27.7 Å². The van der Waals surface area contributed by atoms with Gasteiger partial charge in [0.25, 0.3) is 11.8 Å². The van der Waals surface area contributed by atoms with Gasteiger partial charge in [-0.15, -0.1) is 0 Å². The van der Waals surface area contributed by atoms with Gasteiger partial charge in [0.15, 0.2) is 0 Å². The molecule has 6 heteroatoms. The summed E-state index contributed by atoms with van der Waals surface area (Å²) in [5.74, 6) is -0.792. The van der Waals surface area contributed by atoms with Gasteiger partial charge in [-0.25, -0.2) is 0 Å². The summed E-state index contributed by atoms with van der Waals surface area (Å²) in [6.45, 7) is 0. The topological polar surface area (TPSA) is 76.3 Å². The van der Waals surface area contributed by atoms with Crippen LogP contribution in [0.15, 0.2) is 47.1 Å². The largest absolute Gasteiger partial charge is 0.306 e. The molecule has 1 aromatic carbocycles. The number of pyridine rings is 1. The molecule has 0 aliphatic carbocycles. The molecule has 1 unspecified atom stereocenters. The molecule has 1 atom stereocenters. The van der Waals surface area contributed by atoms with Crippen LogP contribution in [0.4, 0.5) is 0 Å². The van der Waals surface area contributed by atoms with Crippen LogP contribution < -0.4 is 5.73 Å². The van der Waals surface area contributed by atoms with Crippen LogP contribution in [0, 0.1) is 0 Å². The Morgan fingerprint density at radius 3 is 2.55 bits per heavy atom. The van der Waals surface area contributed by atoms with Crippen molar-refractivity contribution in [2.45, 2.75) is 6.17 Å². The normalized spacial score (nSPS) is 15.4. The second kappa shape index (κ2) is 4.81. The molecular weight excluding hydrogens is 322 g/mol. The van der Waals surface area contributed by atoms with E-state index in [1.54, 1.807) is 42.6 Å². The van der Waals surface area contributed by atoms with E-state index in [0.29, 0.717) is 16.8 Å². The van der Waals surface area contributed by atoms with Crippen molar-refractivity contribution in [3.63, 3.8) is 0 Å². The fourth-order valence-corrected chi connectivity index (χ4v) is 2.53. The van der Waals surface area contributed by atoms with Crippen LogP contribution in [-0.2, 0) is 0 Å². The minimum Gasteiger partial charge on any atom is -0.306 e. The van der Waals surface area contributed by atoms with Crippen LogP contribution in [0.25, 0.3) is 0 Å². The summed E-state index contributed by atoms with van der Waals surface area (Å²) < 4.78 is 0.741. The van der Waals surface area contributed by atoms with E-state index in [2.05, 4.69) is 20.9 Å². The highest BCUT2D eigenvalue weighted by Gasteiger charge is 2.39. The Balaban J connectivity index is 2.02. The molecule has 20 heavy (non-hydrogen) atoms. The molecule has 2 N–H and O–H groups in total. The fraction of sp³-hybridized carbons (Fsp3) is 0.0714. The number of rotatable bonds is 2. The van der Waals surface area contributed by atoms with Gasteiger partial charge in [0, 0.05) is 10.7 Å². The third-order valence-electron chi connectivity index (χ3n) is 3.15.